The van der Waals surface area contributed by atoms with E-state index >= 15 is 0 Å². The first kappa shape index (κ1) is 11.1. The zero-order valence-corrected chi connectivity index (χ0v) is 8.43. The third-order valence-electron chi connectivity index (χ3n) is 2.02. The van der Waals surface area contributed by atoms with Gasteiger partial charge in [0.15, 0.2) is 0 Å². The minimum Gasteiger partial charge on any atom is -0.328 e. The van der Waals surface area contributed by atoms with Gasteiger partial charge in [0, 0.05) is 18.5 Å². The van der Waals surface area contributed by atoms with Crippen LogP contribution in [-0.4, -0.2) is 6.04 Å². The molecule has 0 amide bonds. The highest BCUT2D eigenvalue weighted by Gasteiger charge is 2.23. The fourth-order valence-electron chi connectivity index (χ4n) is 1.31. The Morgan fingerprint density at radius 3 is 2.14 bits per heavy atom. The smallest absolute Gasteiger partial charge is 0.270 e. The minimum absolute atomic E-state index is 0.0472. The summed E-state index contributed by atoms with van der Waals surface area (Å²) in [6, 6.07) is 6.38. The van der Waals surface area contributed by atoms with Crippen molar-refractivity contribution in [2.75, 3.05) is 0 Å². The number of benzene rings is 1. The van der Waals surface area contributed by atoms with E-state index in [0.29, 0.717) is 0 Å². The zero-order chi connectivity index (χ0) is 10.8. The molecule has 1 unspecified atom stereocenters. The number of rotatable bonds is 3. The van der Waals surface area contributed by atoms with Crippen LogP contribution in [0.2, 0.25) is 0 Å². The van der Waals surface area contributed by atoms with Crippen molar-refractivity contribution in [3.05, 3.63) is 35.4 Å². The third kappa shape index (κ3) is 3.07. The minimum atomic E-state index is -2.76. The van der Waals surface area contributed by atoms with Gasteiger partial charge in [-0.05, 0) is 18.9 Å². The highest BCUT2D eigenvalue weighted by atomic mass is 19.3. The molecule has 1 rings (SSSR count). The first-order valence-corrected chi connectivity index (χ1v) is 4.62. The summed E-state index contributed by atoms with van der Waals surface area (Å²) in [6.45, 7) is 2.79. The predicted molar refractivity (Wildman–Crippen MR) is 53.4 cm³/mol. The zero-order valence-electron chi connectivity index (χ0n) is 8.43. The van der Waals surface area contributed by atoms with Gasteiger partial charge in [-0.1, -0.05) is 24.3 Å². The molecular weight excluding hydrogens is 184 g/mol. The van der Waals surface area contributed by atoms with Gasteiger partial charge < -0.3 is 5.73 Å². The summed E-state index contributed by atoms with van der Waals surface area (Å²) in [5.74, 6) is -2.76. The molecule has 0 radical (unpaired) electrons. The standard InChI is InChI=1S/C11H15F2N/c1-8(14)7-9-3-5-10(6-4-9)11(2,12)13/h3-6,8H,7,14H2,1-2H3. The summed E-state index contributed by atoms with van der Waals surface area (Å²) in [5.41, 5.74) is 6.64. The fraction of sp³-hybridized carbons (Fsp3) is 0.455. The average molecular weight is 199 g/mol. The van der Waals surface area contributed by atoms with Crippen molar-refractivity contribution in [3.8, 4) is 0 Å². The van der Waals surface area contributed by atoms with E-state index in [1.165, 1.54) is 12.1 Å². The molecule has 0 aliphatic rings. The van der Waals surface area contributed by atoms with Crippen LogP contribution in [0.1, 0.15) is 25.0 Å². The molecule has 0 saturated carbocycles. The van der Waals surface area contributed by atoms with Crippen LogP contribution >= 0.6 is 0 Å². The molecule has 0 fully saturated rings. The first-order valence-electron chi connectivity index (χ1n) is 4.62. The van der Waals surface area contributed by atoms with Crippen molar-refractivity contribution < 1.29 is 8.78 Å². The van der Waals surface area contributed by atoms with Crippen LogP contribution in [0, 0.1) is 0 Å². The van der Waals surface area contributed by atoms with Crippen LogP contribution in [0.25, 0.3) is 0 Å². The molecule has 0 aromatic heterocycles. The number of hydrogen-bond acceptors (Lipinski definition) is 1. The van der Waals surface area contributed by atoms with E-state index < -0.39 is 5.92 Å². The van der Waals surface area contributed by atoms with E-state index in [1.54, 1.807) is 12.1 Å². The second-order valence-electron chi connectivity index (χ2n) is 3.77. The van der Waals surface area contributed by atoms with Gasteiger partial charge in [0.1, 0.15) is 0 Å². The summed E-state index contributed by atoms with van der Waals surface area (Å²) in [6.07, 6.45) is 0.718. The summed E-state index contributed by atoms with van der Waals surface area (Å²) in [7, 11) is 0. The summed E-state index contributed by atoms with van der Waals surface area (Å²) in [4.78, 5) is 0. The van der Waals surface area contributed by atoms with Crippen molar-refractivity contribution in [2.45, 2.75) is 32.2 Å². The molecule has 0 aliphatic carbocycles. The summed E-state index contributed by atoms with van der Waals surface area (Å²) in [5, 5.41) is 0. The van der Waals surface area contributed by atoms with Crippen LogP contribution in [0.5, 0.6) is 0 Å². The second-order valence-corrected chi connectivity index (χ2v) is 3.77. The predicted octanol–water partition coefficient (Wildman–Crippen LogP) is 2.69. The topological polar surface area (TPSA) is 26.0 Å². The normalized spacial score (nSPS) is 14.1. The molecule has 14 heavy (non-hydrogen) atoms. The van der Waals surface area contributed by atoms with E-state index in [-0.39, 0.29) is 11.6 Å². The van der Waals surface area contributed by atoms with E-state index in [9.17, 15) is 8.78 Å². The number of halogens is 2. The van der Waals surface area contributed by atoms with E-state index in [0.717, 1.165) is 18.9 Å². The lowest BCUT2D eigenvalue weighted by Crippen LogP contribution is -2.17. The Morgan fingerprint density at radius 1 is 1.29 bits per heavy atom. The van der Waals surface area contributed by atoms with Gasteiger partial charge in [0.2, 0.25) is 0 Å². The lowest BCUT2D eigenvalue weighted by Gasteiger charge is -2.11. The van der Waals surface area contributed by atoms with Crippen LogP contribution in [0.4, 0.5) is 8.78 Å². The lowest BCUT2D eigenvalue weighted by atomic mass is 10.0. The summed E-state index contributed by atoms with van der Waals surface area (Å²) < 4.78 is 25.6. The van der Waals surface area contributed by atoms with Crippen LogP contribution in [-0.2, 0) is 12.3 Å². The van der Waals surface area contributed by atoms with Crippen LogP contribution < -0.4 is 5.73 Å². The maximum absolute atomic E-state index is 12.8. The molecule has 78 valence electrons. The molecule has 0 heterocycles. The van der Waals surface area contributed by atoms with Gasteiger partial charge in [-0.25, -0.2) is 8.78 Å². The molecule has 1 aromatic carbocycles. The lowest BCUT2D eigenvalue weighted by molar-refractivity contribution is 0.0174. The van der Waals surface area contributed by atoms with Crippen LogP contribution in [0.3, 0.4) is 0 Å². The Kier molecular flexibility index (Phi) is 3.21. The number of alkyl halides is 2. The van der Waals surface area contributed by atoms with Gasteiger partial charge in [-0.3, -0.25) is 0 Å². The van der Waals surface area contributed by atoms with Gasteiger partial charge in [-0.15, -0.1) is 0 Å². The Labute approximate surface area is 82.9 Å². The molecule has 2 N–H and O–H groups in total. The molecule has 3 heteroatoms. The molecule has 0 spiro atoms. The van der Waals surface area contributed by atoms with Gasteiger partial charge in [0.25, 0.3) is 5.92 Å². The van der Waals surface area contributed by atoms with Crippen molar-refractivity contribution in [1.82, 2.24) is 0 Å². The van der Waals surface area contributed by atoms with E-state index in [1.807, 2.05) is 6.92 Å². The van der Waals surface area contributed by atoms with Crippen molar-refractivity contribution in [1.29, 1.82) is 0 Å². The largest absolute Gasteiger partial charge is 0.328 e. The SMILES string of the molecule is CC(N)Cc1ccc(C(C)(F)F)cc1. The van der Waals surface area contributed by atoms with Crippen LogP contribution in [0.15, 0.2) is 24.3 Å². The number of hydrogen-bond donors (Lipinski definition) is 1. The van der Waals surface area contributed by atoms with Gasteiger partial charge in [0.05, 0.1) is 0 Å². The monoisotopic (exact) mass is 199 g/mol. The van der Waals surface area contributed by atoms with Crippen molar-refractivity contribution in [3.63, 3.8) is 0 Å². The van der Waals surface area contributed by atoms with E-state index in [4.69, 9.17) is 5.73 Å². The Bertz CT molecular complexity index is 285. The Hall–Kier alpha value is -0.960. The Morgan fingerprint density at radius 2 is 1.79 bits per heavy atom. The molecule has 1 atom stereocenters. The number of nitrogens with two attached hydrogens (primary N) is 1. The third-order valence-corrected chi connectivity index (χ3v) is 2.02. The molecule has 0 saturated heterocycles. The molecule has 1 aromatic rings. The first-order chi connectivity index (χ1) is 6.39. The molecule has 0 bridgehead atoms. The van der Waals surface area contributed by atoms with Gasteiger partial charge in [-0.2, -0.15) is 0 Å². The highest BCUT2D eigenvalue weighted by molar-refractivity contribution is 5.25. The molecular formula is C11H15F2N. The molecule has 1 nitrogen and oxygen atoms in total. The summed E-state index contributed by atoms with van der Waals surface area (Å²) >= 11 is 0. The highest BCUT2D eigenvalue weighted by Crippen LogP contribution is 2.26. The molecule has 0 aliphatic heterocycles. The average Bonchev–Trinajstić information content (AvgIpc) is 2.02. The van der Waals surface area contributed by atoms with Crippen molar-refractivity contribution >= 4 is 0 Å². The maximum Gasteiger partial charge on any atom is 0.270 e. The van der Waals surface area contributed by atoms with Crippen molar-refractivity contribution in [2.24, 2.45) is 5.73 Å². The Balaban J connectivity index is 2.79. The van der Waals surface area contributed by atoms with E-state index in [2.05, 4.69) is 0 Å². The van der Waals surface area contributed by atoms with Gasteiger partial charge >= 0.3 is 0 Å². The second kappa shape index (κ2) is 4.05. The quantitative estimate of drug-likeness (QED) is 0.795. The fourth-order valence-corrected chi connectivity index (χ4v) is 1.31. The maximum atomic E-state index is 12.8.